The van der Waals surface area contributed by atoms with E-state index in [4.69, 9.17) is 0 Å². The molecule has 0 aromatic rings. The van der Waals surface area contributed by atoms with Crippen LogP contribution >= 0.6 is 0 Å². The lowest BCUT2D eigenvalue weighted by Crippen LogP contribution is -2.33. The molecule has 0 radical (unpaired) electrons. The second-order valence-electron chi connectivity index (χ2n) is 5.92. The van der Waals surface area contributed by atoms with Gasteiger partial charge in [0.1, 0.15) is 9.84 Å². The van der Waals surface area contributed by atoms with Crippen molar-refractivity contribution < 1.29 is 13.5 Å². The van der Waals surface area contributed by atoms with Crippen LogP contribution in [0, 0.1) is 5.92 Å². The third kappa shape index (κ3) is 3.95. The van der Waals surface area contributed by atoms with Crippen LogP contribution in [0.2, 0.25) is 0 Å². The van der Waals surface area contributed by atoms with E-state index in [2.05, 4.69) is 0 Å². The standard InChI is InChI=1S/C13H24O3S/c14-13(7-2-1-3-8-13)9-4-12-5-10-17(15,16)11-6-12/h12,14H,1-11H2. The zero-order chi connectivity index (χ0) is 12.4. The minimum absolute atomic E-state index is 0.357. The van der Waals surface area contributed by atoms with Crippen molar-refractivity contribution in [3.05, 3.63) is 0 Å². The molecule has 1 N–H and O–H groups in total. The van der Waals surface area contributed by atoms with Gasteiger partial charge in [-0.2, -0.15) is 0 Å². The molecule has 2 rings (SSSR count). The molecule has 0 aromatic carbocycles. The third-order valence-electron chi connectivity index (χ3n) is 4.48. The van der Waals surface area contributed by atoms with Crippen molar-refractivity contribution in [2.75, 3.05) is 11.5 Å². The Hall–Kier alpha value is -0.0900. The Kier molecular flexibility index (Phi) is 4.14. The van der Waals surface area contributed by atoms with Crippen LogP contribution in [0.1, 0.15) is 57.8 Å². The fourth-order valence-electron chi connectivity index (χ4n) is 3.16. The van der Waals surface area contributed by atoms with E-state index < -0.39 is 15.4 Å². The van der Waals surface area contributed by atoms with Crippen molar-refractivity contribution >= 4 is 9.84 Å². The summed E-state index contributed by atoms with van der Waals surface area (Å²) in [6, 6.07) is 0. The molecule has 1 heterocycles. The Morgan fingerprint density at radius 1 is 1.06 bits per heavy atom. The van der Waals surface area contributed by atoms with Crippen LogP contribution in [0.15, 0.2) is 0 Å². The molecule has 1 saturated heterocycles. The Bertz CT molecular complexity index is 328. The highest BCUT2D eigenvalue weighted by Gasteiger charge is 2.31. The first-order valence-corrected chi connectivity index (χ1v) is 8.74. The van der Waals surface area contributed by atoms with Gasteiger partial charge in [0.2, 0.25) is 0 Å². The van der Waals surface area contributed by atoms with Gasteiger partial charge in [0.05, 0.1) is 17.1 Å². The smallest absolute Gasteiger partial charge is 0.150 e. The van der Waals surface area contributed by atoms with Gasteiger partial charge in [-0.25, -0.2) is 8.42 Å². The van der Waals surface area contributed by atoms with Gasteiger partial charge in [0.25, 0.3) is 0 Å². The van der Waals surface area contributed by atoms with E-state index in [9.17, 15) is 13.5 Å². The summed E-state index contributed by atoms with van der Waals surface area (Å²) in [4.78, 5) is 0. The Morgan fingerprint density at radius 3 is 2.24 bits per heavy atom. The number of hydrogen-bond acceptors (Lipinski definition) is 3. The maximum Gasteiger partial charge on any atom is 0.150 e. The van der Waals surface area contributed by atoms with Crippen molar-refractivity contribution in [2.24, 2.45) is 5.92 Å². The summed E-state index contributed by atoms with van der Waals surface area (Å²) in [6.45, 7) is 0. The van der Waals surface area contributed by atoms with Crippen molar-refractivity contribution in [3.63, 3.8) is 0 Å². The van der Waals surface area contributed by atoms with E-state index >= 15 is 0 Å². The van der Waals surface area contributed by atoms with Gasteiger partial charge in [0, 0.05) is 0 Å². The maximum absolute atomic E-state index is 11.3. The fourth-order valence-corrected chi connectivity index (χ4v) is 4.75. The first kappa shape index (κ1) is 13.3. The highest BCUT2D eigenvalue weighted by Crippen LogP contribution is 2.34. The van der Waals surface area contributed by atoms with E-state index in [1.807, 2.05) is 0 Å². The molecule has 4 heteroatoms. The van der Waals surface area contributed by atoms with Crippen molar-refractivity contribution in [3.8, 4) is 0 Å². The number of hydrogen-bond donors (Lipinski definition) is 1. The van der Waals surface area contributed by atoms with E-state index in [0.717, 1.165) is 51.4 Å². The summed E-state index contributed by atoms with van der Waals surface area (Å²) >= 11 is 0. The first-order valence-electron chi connectivity index (χ1n) is 6.92. The Balaban J connectivity index is 1.75. The molecule has 100 valence electrons. The Morgan fingerprint density at radius 2 is 1.65 bits per heavy atom. The molecule has 2 aliphatic rings. The van der Waals surface area contributed by atoms with Gasteiger partial charge in [-0.05, 0) is 44.4 Å². The quantitative estimate of drug-likeness (QED) is 0.847. The molecule has 1 aliphatic carbocycles. The molecule has 0 atom stereocenters. The normalized spacial score (nSPS) is 29.0. The van der Waals surface area contributed by atoms with Crippen LogP contribution in [0.25, 0.3) is 0 Å². The highest BCUT2D eigenvalue weighted by molar-refractivity contribution is 7.91. The number of aliphatic hydroxyl groups is 1. The van der Waals surface area contributed by atoms with Gasteiger partial charge in [0.15, 0.2) is 0 Å². The summed E-state index contributed by atoms with van der Waals surface area (Å²) in [5.41, 5.74) is -0.436. The molecule has 1 saturated carbocycles. The van der Waals surface area contributed by atoms with Crippen LogP contribution in [0.5, 0.6) is 0 Å². The minimum Gasteiger partial charge on any atom is -0.390 e. The molecule has 17 heavy (non-hydrogen) atoms. The molecule has 0 aromatic heterocycles. The highest BCUT2D eigenvalue weighted by atomic mass is 32.2. The monoisotopic (exact) mass is 260 g/mol. The molecule has 2 fully saturated rings. The number of rotatable bonds is 3. The second kappa shape index (κ2) is 5.27. The van der Waals surface area contributed by atoms with Crippen molar-refractivity contribution in [2.45, 2.75) is 63.4 Å². The molecule has 0 amide bonds. The summed E-state index contributed by atoms with van der Waals surface area (Å²) in [5, 5.41) is 10.4. The minimum atomic E-state index is -2.74. The van der Waals surface area contributed by atoms with E-state index in [1.54, 1.807) is 0 Å². The largest absolute Gasteiger partial charge is 0.390 e. The molecule has 0 unspecified atom stereocenters. The van der Waals surface area contributed by atoms with Crippen LogP contribution in [0.4, 0.5) is 0 Å². The SMILES string of the molecule is O=S1(=O)CCC(CCC2(O)CCCCC2)CC1. The fraction of sp³-hybridized carbons (Fsp3) is 1.00. The summed E-state index contributed by atoms with van der Waals surface area (Å²) in [5.74, 6) is 1.23. The van der Waals surface area contributed by atoms with Gasteiger partial charge < -0.3 is 5.11 Å². The van der Waals surface area contributed by atoms with Gasteiger partial charge in [-0.3, -0.25) is 0 Å². The van der Waals surface area contributed by atoms with Gasteiger partial charge in [-0.1, -0.05) is 19.3 Å². The lowest BCUT2D eigenvalue weighted by molar-refractivity contribution is -0.00920. The van der Waals surface area contributed by atoms with E-state index in [1.165, 1.54) is 6.42 Å². The predicted octanol–water partition coefficient (Wildman–Crippen LogP) is 2.29. The summed E-state index contributed by atoms with van der Waals surface area (Å²) in [6.07, 6.45) is 8.92. The van der Waals surface area contributed by atoms with E-state index in [0.29, 0.717) is 17.4 Å². The first-order chi connectivity index (χ1) is 7.99. The zero-order valence-corrected chi connectivity index (χ0v) is 11.3. The molecule has 3 nitrogen and oxygen atoms in total. The van der Waals surface area contributed by atoms with Gasteiger partial charge >= 0.3 is 0 Å². The molecule has 0 bridgehead atoms. The van der Waals surface area contributed by atoms with Crippen LogP contribution in [-0.4, -0.2) is 30.6 Å². The van der Waals surface area contributed by atoms with E-state index in [-0.39, 0.29) is 0 Å². The average Bonchev–Trinajstić information content (AvgIpc) is 2.29. The Labute approximate surface area is 105 Å². The van der Waals surface area contributed by atoms with Crippen molar-refractivity contribution in [1.82, 2.24) is 0 Å². The van der Waals surface area contributed by atoms with Crippen LogP contribution in [0.3, 0.4) is 0 Å². The summed E-state index contributed by atoms with van der Waals surface area (Å²) < 4.78 is 22.6. The average molecular weight is 260 g/mol. The zero-order valence-electron chi connectivity index (χ0n) is 10.5. The maximum atomic E-state index is 11.3. The molecular formula is C13H24O3S. The third-order valence-corrected chi connectivity index (χ3v) is 6.19. The lowest BCUT2D eigenvalue weighted by Gasteiger charge is -2.34. The molecular weight excluding hydrogens is 236 g/mol. The predicted molar refractivity (Wildman–Crippen MR) is 68.6 cm³/mol. The van der Waals surface area contributed by atoms with Crippen LogP contribution < -0.4 is 0 Å². The summed E-state index contributed by atoms with van der Waals surface area (Å²) in [7, 11) is -2.74. The van der Waals surface area contributed by atoms with Crippen molar-refractivity contribution in [1.29, 1.82) is 0 Å². The second-order valence-corrected chi connectivity index (χ2v) is 8.22. The topological polar surface area (TPSA) is 54.4 Å². The molecule has 1 aliphatic heterocycles. The number of sulfone groups is 1. The lowest BCUT2D eigenvalue weighted by atomic mass is 9.79. The van der Waals surface area contributed by atoms with Crippen LogP contribution in [-0.2, 0) is 9.84 Å². The molecule has 0 spiro atoms. The van der Waals surface area contributed by atoms with Gasteiger partial charge in [-0.15, -0.1) is 0 Å².